The van der Waals surface area contributed by atoms with E-state index >= 15 is 0 Å². The van der Waals surface area contributed by atoms with E-state index in [1.807, 2.05) is 31.2 Å². The lowest BCUT2D eigenvalue weighted by molar-refractivity contribution is -0.139. The zero-order valence-corrected chi connectivity index (χ0v) is 22.8. The summed E-state index contributed by atoms with van der Waals surface area (Å²) < 4.78 is 42.3. The number of nitrogens with one attached hydrogen (secondary N) is 1. The molecular weight excluding hydrogens is 539 g/mol. The Kier molecular flexibility index (Phi) is 10.7. The molecule has 0 radical (unpaired) electrons. The third kappa shape index (κ3) is 8.01. The van der Waals surface area contributed by atoms with E-state index in [0.717, 1.165) is 43.6 Å². The van der Waals surface area contributed by atoms with Crippen molar-refractivity contribution >= 4 is 43.6 Å². The minimum atomic E-state index is -4.09. The van der Waals surface area contributed by atoms with Gasteiger partial charge in [0.2, 0.25) is 11.8 Å². The number of halogens is 2. The normalized spacial score (nSPS) is 12.3. The number of anilines is 1. The molecule has 2 aromatic rings. The van der Waals surface area contributed by atoms with Crippen molar-refractivity contribution in [2.24, 2.45) is 0 Å². The number of benzene rings is 2. The average Bonchev–Trinajstić information content (AvgIpc) is 2.82. The molecule has 11 heteroatoms. The van der Waals surface area contributed by atoms with Crippen LogP contribution in [0.25, 0.3) is 0 Å². The second-order valence-electron chi connectivity index (χ2n) is 8.24. The van der Waals surface area contributed by atoms with Gasteiger partial charge in [-0.1, -0.05) is 41.4 Å². The largest absolute Gasteiger partial charge is 0.354 e. The minimum absolute atomic E-state index is 0.105. The molecule has 35 heavy (non-hydrogen) atoms. The van der Waals surface area contributed by atoms with E-state index in [1.165, 1.54) is 31.1 Å². The minimum Gasteiger partial charge on any atom is -0.354 e. The molecular formula is C24H32BrFN4O4S. The molecule has 0 saturated heterocycles. The number of carbonyl (C=O) groups is 2. The first kappa shape index (κ1) is 28.7. The summed E-state index contributed by atoms with van der Waals surface area (Å²) in [6.45, 7) is 3.65. The number of rotatable bonds is 12. The van der Waals surface area contributed by atoms with Crippen LogP contribution in [0.3, 0.4) is 0 Å². The Hall–Kier alpha value is -2.50. The molecule has 8 nitrogen and oxygen atoms in total. The van der Waals surface area contributed by atoms with Crippen LogP contribution < -0.4 is 9.62 Å². The standard InChI is InChI=1S/C24H32BrFN4O4S/c1-5-6-15-27-24(32)18(2)29(16-19-7-9-20(25)10-8-19)23(31)17-30(35(33,34)28(3)4)22-13-11-21(26)12-14-22/h7-14,18H,5-6,15-17H2,1-4H3,(H,27,32)/t18-/m1/s1. The number of nitrogens with zero attached hydrogens (tertiary/aromatic N) is 3. The first-order valence-electron chi connectivity index (χ1n) is 11.2. The molecule has 0 aliphatic carbocycles. The molecule has 0 heterocycles. The molecule has 0 aliphatic rings. The molecule has 0 unspecified atom stereocenters. The van der Waals surface area contributed by atoms with Crippen molar-refractivity contribution < 1.29 is 22.4 Å². The van der Waals surface area contributed by atoms with Crippen molar-refractivity contribution in [3.63, 3.8) is 0 Å². The number of amides is 2. The van der Waals surface area contributed by atoms with E-state index in [1.54, 1.807) is 6.92 Å². The molecule has 0 spiro atoms. The summed E-state index contributed by atoms with van der Waals surface area (Å²) in [5.74, 6) is -1.43. The fraction of sp³-hybridized carbons (Fsp3) is 0.417. The number of hydrogen-bond donors (Lipinski definition) is 1. The second kappa shape index (κ2) is 13.0. The van der Waals surface area contributed by atoms with Crippen molar-refractivity contribution in [2.45, 2.75) is 39.3 Å². The second-order valence-corrected chi connectivity index (χ2v) is 11.2. The summed E-state index contributed by atoms with van der Waals surface area (Å²) in [6.07, 6.45) is 1.71. The van der Waals surface area contributed by atoms with E-state index in [4.69, 9.17) is 0 Å². The molecule has 0 aliphatic heterocycles. The Morgan fingerprint density at radius 2 is 1.66 bits per heavy atom. The molecule has 1 atom stereocenters. The lowest BCUT2D eigenvalue weighted by Crippen LogP contribution is -2.52. The quantitative estimate of drug-likeness (QED) is 0.395. The average molecular weight is 572 g/mol. The number of carbonyl (C=O) groups excluding carboxylic acids is 2. The summed E-state index contributed by atoms with van der Waals surface area (Å²) in [7, 11) is -1.39. The number of hydrogen-bond acceptors (Lipinski definition) is 4. The summed E-state index contributed by atoms with van der Waals surface area (Å²) in [5, 5.41) is 2.83. The molecule has 0 aromatic heterocycles. The van der Waals surface area contributed by atoms with Crippen LogP contribution in [0.15, 0.2) is 53.0 Å². The van der Waals surface area contributed by atoms with Gasteiger partial charge in [0, 0.05) is 31.7 Å². The Balaban J connectivity index is 2.39. The highest BCUT2D eigenvalue weighted by molar-refractivity contribution is 9.10. The van der Waals surface area contributed by atoms with Gasteiger partial charge in [-0.2, -0.15) is 12.7 Å². The zero-order chi connectivity index (χ0) is 26.2. The Labute approximate surface area is 215 Å². The maximum Gasteiger partial charge on any atom is 0.304 e. The van der Waals surface area contributed by atoms with E-state index in [-0.39, 0.29) is 18.1 Å². The van der Waals surface area contributed by atoms with Crippen molar-refractivity contribution in [1.82, 2.24) is 14.5 Å². The lowest BCUT2D eigenvalue weighted by Gasteiger charge is -2.32. The zero-order valence-electron chi connectivity index (χ0n) is 20.4. The first-order valence-corrected chi connectivity index (χ1v) is 13.4. The highest BCUT2D eigenvalue weighted by Crippen LogP contribution is 2.21. The van der Waals surface area contributed by atoms with Crippen LogP contribution in [0.5, 0.6) is 0 Å². The predicted octanol–water partition coefficient (Wildman–Crippen LogP) is 3.53. The van der Waals surface area contributed by atoms with Crippen molar-refractivity contribution in [2.75, 3.05) is 31.5 Å². The van der Waals surface area contributed by atoms with Gasteiger partial charge in [0.1, 0.15) is 18.4 Å². The van der Waals surface area contributed by atoms with Crippen LogP contribution in [0.4, 0.5) is 10.1 Å². The molecule has 1 N–H and O–H groups in total. The smallest absolute Gasteiger partial charge is 0.304 e. The van der Waals surface area contributed by atoms with Crippen molar-refractivity contribution in [3.05, 3.63) is 64.4 Å². The van der Waals surface area contributed by atoms with Crippen molar-refractivity contribution in [1.29, 1.82) is 0 Å². The van der Waals surface area contributed by atoms with Gasteiger partial charge in [-0.05, 0) is 55.3 Å². The van der Waals surface area contributed by atoms with Gasteiger partial charge in [0.15, 0.2) is 0 Å². The van der Waals surface area contributed by atoms with Crippen LogP contribution in [-0.2, 0) is 26.3 Å². The Morgan fingerprint density at radius 1 is 1.06 bits per heavy atom. The lowest BCUT2D eigenvalue weighted by atomic mass is 10.1. The van der Waals surface area contributed by atoms with E-state index in [0.29, 0.717) is 6.54 Å². The van der Waals surface area contributed by atoms with E-state index in [9.17, 15) is 22.4 Å². The van der Waals surface area contributed by atoms with Gasteiger partial charge in [-0.15, -0.1) is 0 Å². The van der Waals surface area contributed by atoms with Gasteiger partial charge in [0.05, 0.1) is 5.69 Å². The van der Waals surface area contributed by atoms with Gasteiger partial charge in [-0.25, -0.2) is 8.70 Å². The Bertz CT molecular complexity index is 1100. The maximum absolute atomic E-state index is 13.5. The fourth-order valence-corrected chi connectivity index (χ4v) is 4.55. The number of unbranched alkanes of at least 4 members (excludes halogenated alkanes) is 1. The SMILES string of the molecule is CCCCNC(=O)[C@@H](C)N(Cc1ccc(Br)cc1)C(=O)CN(c1ccc(F)cc1)S(=O)(=O)N(C)C. The molecule has 2 rings (SSSR count). The predicted molar refractivity (Wildman–Crippen MR) is 138 cm³/mol. The van der Waals surface area contributed by atoms with Crippen LogP contribution in [-0.4, -0.2) is 62.7 Å². The summed E-state index contributed by atoms with van der Waals surface area (Å²) in [4.78, 5) is 27.7. The third-order valence-corrected chi connectivity index (χ3v) is 7.74. The van der Waals surface area contributed by atoms with Gasteiger partial charge >= 0.3 is 10.2 Å². The van der Waals surface area contributed by atoms with E-state index in [2.05, 4.69) is 21.2 Å². The van der Waals surface area contributed by atoms with Crippen LogP contribution in [0.1, 0.15) is 32.3 Å². The van der Waals surface area contributed by atoms with E-state index < -0.39 is 34.5 Å². The molecule has 192 valence electrons. The topological polar surface area (TPSA) is 90.0 Å². The molecule has 0 fully saturated rings. The summed E-state index contributed by atoms with van der Waals surface area (Å²) >= 11 is 3.38. The Morgan fingerprint density at radius 3 is 2.20 bits per heavy atom. The van der Waals surface area contributed by atoms with Crippen LogP contribution in [0.2, 0.25) is 0 Å². The highest BCUT2D eigenvalue weighted by Gasteiger charge is 2.32. The molecule has 0 saturated carbocycles. The summed E-state index contributed by atoms with van der Waals surface area (Å²) in [6, 6.07) is 11.3. The third-order valence-electron chi connectivity index (χ3n) is 5.40. The fourth-order valence-electron chi connectivity index (χ4n) is 3.23. The van der Waals surface area contributed by atoms with Gasteiger partial charge in [-0.3, -0.25) is 9.59 Å². The molecule has 0 bridgehead atoms. The van der Waals surface area contributed by atoms with Crippen LogP contribution in [0, 0.1) is 5.82 Å². The maximum atomic E-state index is 13.5. The molecule has 2 aromatic carbocycles. The monoisotopic (exact) mass is 570 g/mol. The van der Waals surface area contributed by atoms with Crippen LogP contribution >= 0.6 is 15.9 Å². The van der Waals surface area contributed by atoms with Crippen molar-refractivity contribution in [3.8, 4) is 0 Å². The summed E-state index contributed by atoms with van der Waals surface area (Å²) in [5.41, 5.74) is 0.913. The first-order chi connectivity index (χ1) is 16.5. The van der Waals surface area contributed by atoms with Gasteiger partial charge in [0.25, 0.3) is 0 Å². The highest BCUT2D eigenvalue weighted by atomic mass is 79.9. The molecule has 2 amide bonds. The van der Waals surface area contributed by atoms with Gasteiger partial charge < -0.3 is 10.2 Å².